The Kier molecular flexibility index (Phi) is 26.0. The summed E-state index contributed by atoms with van der Waals surface area (Å²) in [5, 5.41) is 19.1. The van der Waals surface area contributed by atoms with Crippen molar-refractivity contribution in [2.24, 2.45) is 0 Å². The van der Waals surface area contributed by atoms with Crippen LogP contribution in [0.15, 0.2) is 467 Å². The summed E-state index contributed by atoms with van der Waals surface area (Å²) >= 11 is 13.2. The molecule has 0 amide bonds. The van der Waals surface area contributed by atoms with E-state index in [0.717, 1.165) is 0 Å². The highest BCUT2D eigenvalue weighted by Gasteiger charge is 2.18. The number of aryl methyl sites for hydroxylation is 7. The molecular weight excluding hydrogens is 1820 g/mol. The van der Waals surface area contributed by atoms with Crippen LogP contribution in [-0.4, -0.2) is 0 Å². The highest BCUT2D eigenvalue weighted by molar-refractivity contribution is 7.28. The first-order valence-electron chi connectivity index (χ1n) is 47.6. The molecule has 0 saturated heterocycles. The largest absolute Gasteiger partial charge is 0.135 e. The molecule has 28 rings (SSSR count). The summed E-state index contributed by atoms with van der Waals surface area (Å²) in [6.07, 6.45) is 0. The zero-order valence-electron chi connectivity index (χ0n) is 78.8. The predicted molar refractivity (Wildman–Crippen MR) is 627 cm³/mol. The molecule has 0 atom stereocenters. The van der Waals surface area contributed by atoms with Crippen molar-refractivity contribution in [2.45, 2.75) is 48.5 Å². The van der Waals surface area contributed by atoms with Gasteiger partial charge in [0.2, 0.25) is 0 Å². The fraction of sp³-hybridized carbons (Fsp3) is 0.0526. The summed E-state index contributed by atoms with van der Waals surface area (Å²) in [5.74, 6) is 0. The molecule has 0 saturated carbocycles. The monoisotopic (exact) mass is 1920 g/mol. The topological polar surface area (TPSA) is 0 Å². The Morgan fingerprint density at radius 2 is 0.386 bits per heavy atom. The number of fused-ring (bicyclic) bond motifs is 21. The maximum absolute atomic E-state index is 2.33. The van der Waals surface area contributed by atoms with Crippen LogP contribution in [0.3, 0.4) is 0 Å². The van der Waals surface area contributed by atoms with E-state index in [-0.39, 0.29) is 0 Å². The number of benzene rings is 21. The summed E-state index contributed by atoms with van der Waals surface area (Å²) in [6, 6.07) is 168. The third-order valence-corrected chi connectivity index (χ3v) is 35.0. The molecule has 21 aromatic carbocycles. The summed E-state index contributed by atoms with van der Waals surface area (Å²) in [6.45, 7) is 15.1. The highest BCUT2D eigenvalue weighted by atomic mass is 32.1. The fourth-order valence-corrected chi connectivity index (χ4v) is 27.6. The average molecular weight is 1920 g/mol. The van der Waals surface area contributed by atoms with E-state index >= 15 is 0 Å². The first-order chi connectivity index (χ1) is 68.8. The van der Waals surface area contributed by atoms with E-state index in [1.54, 1.807) is 0 Å². The highest BCUT2D eigenvalue weighted by Crippen LogP contribution is 2.48. The second-order valence-electron chi connectivity index (χ2n) is 36.0. The number of hydrogen-bond donors (Lipinski definition) is 0. The van der Waals surface area contributed by atoms with Crippen LogP contribution in [0.25, 0.3) is 219 Å². The lowest BCUT2D eigenvalue weighted by molar-refractivity contribution is 1.46. The smallest absolute Gasteiger partial charge is 0.0433 e. The maximum atomic E-state index is 2.33. The van der Waals surface area contributed by atoms with Gasteiger partial charge in [0, 0.05) is 141 Å². The van der Waals surface area contributed by atoms with E-state index in [0.29, 0.717) is 0 Å². The van der Waals surface area contributed by atoms with Crippen LogP contribution >= 0.6 is 79.4 Å². The van der Waals surface area contributed by atoms with Gasteiger partial charge >= 0.3 is 0 Å². The van der Waals surface area contributed by atoms with Crippen molar-refractivity contribution in [1.82, 2.24) is 0 Å². The second-order valence-corrected chi connectivity index (χ2v) is 43.4. The van der Waals surface area contributed by atoms with Gasteiger partial charge in [0.25, 0.3) is 0 Å². The molecule has 28 aromatic rings. The minimum Gasteiger partial charge on any atom is -0.135 e. The van der Waals surface area contributed by atoms with Gasteiger partial charge in [-0.1, -0.05) is 423 Å². The van der Waals surface area contributed by atoms with E-state index < -0.39 is 0 Å². The van der Waals surface area contributed by atoms with Crippen molar-refractivity contribution in [3.63, 3.8) is 0 Å². The molecule has 7 heteroatoms. The van der Waals surface area contributed by atoms with Crippen molar-refractivity contribution in [3.8, 4) is 77.9 Å². The van der Waals surface area contributed by atoms with Gasteiger partial charge in [0.15, 0.2) is 0 Å². The van der Waals surface area contributed by atoms with E-state index in [2.05, 4.69) is 516 Å². The Bertz CT molecular complexity index is 9390. The van der Waals surface area contributed by atoms with Gasteiger partial charge in [-0.05, 0) is 210 Å². The SMILES string of the molecule is Cc1ccc(-c2ccc3c(c2)sc2ccccc23)cc1.Cc1ccc(-c2cccc3c2sc2ccccc23)cc1.Cc1cccc(-c2ccc3sc4ccccc4c3c2)c1.Cc1cccc(-c2cccc3c2sc2ccccc23)c1.Cc1cccc2c1sc1c(-c3ccccc3)cccc12.Cc1ccccc1-c1ccc2sc3ccccc3c2c1.Cc1ccccc1-c1cccc2c1sc1ccccc12. The van der Waals surface area contributed by atoms with Gasteiger partial charge in [-0.3, -0.25) is 0 Å². The van der Waals surface area contributed by atoms with Crippen LogP contribution in [-0.2, 0) is 0 Å². The standard InChI is InChI=1S/7C19H14S/c1-13-6-4-7-14(12-13)15-9-5-10-17-16-8-2-3-11-18(16)20-19(15)17;1-13-7-2-3-8-14(13)16-10-6-11-17-15-9-4-5-12-18(15)20-19(16)17;1-13-5-4-6-14(11-13)15-9-10-19-17(12-15)16-7-2-3-8-18(16)20-19;1-13-6-2-3-7-15(13)14-10-11-19-17(12-14)16-8-4-5-9-18(16)20-19;1-13-9-11-14(12-10-13)15-6-4-7-17-16-5-2-3-8-18(16)20-19(15)17;1-13-7-5-11-16-17-12-6-10-15(19(17)20-18(13)16)14-8-3-2-4-9-14;1-13-6-8-14(9-7-13)15-10-11-17-16-4-2-3-5-18(16)20-19(17)12-15/h7*2-12H,1H3. The summed E-state index contributed by atoms with van der Waals surface area (Å²) < 4.78 is 19.2. The fourth-order valence-electron chi connectivity index (χ4n) is 19.3. The molecule has 0 aliphatic carbocycles. The van der Waals surface area contributed by atoms with E-state index in [1.807, 2.05) is 79.4 Å². The Hall–Kier alpha value is -14.8. The minimum absolute atomic E-state index is 1.29. The number of thiophene rings is 7. The molecule has 0 bridgehead atoms. The van der Waals surface area contributed by atoms with Gasteiger partial charge in [-0.15, -0.1) is 79.4 Å². The zero-order valence-corrected chi connectivity index (χ0v) is 84.5. The molecule has 0 unspecified atom stereocenters. The molecule has 7 heterocycles. The van der Waals surface area contributed by atoms with Crippen molar-refractivity contribution < 1.29 is 0 Å². The first kappa shape index (κ1) is 90.3. The van der Waals surface area contributed by atoms with Crippen LogP contribution in [0.1, 0.15) is 38.9 Å². The van der Waals surface area contributed by atoms with Gasteiger partial charge in [-0.25, -0.2) is 0 Å². The van der Waals surface area contributed by atoms with Gasteiger partial charge in [0.1, 0.15) is 0 Å². The summed E-state index contributed by atoms with van der Waals surface area (Å²) in [5.41, 5.74) is 27.6. The molecule has 7 aromatic heterocycles. The molecule has 140 heavy (non-hydrogen) atoms. The van der Waals surface area contributed by atoms with Crippen molar-refractivity contribution in [1.29, 1.82) is 0 Å². The van der Waals surface area contributed by atoms with E-state index in [9.17, 15) is 0 Å². The van der Waals surface area contributed by atoms with Crippen LogP contribution < -0.4 is 0 Å². The predicted octanol–water partition coefficient (Wildman–Crippen LogP) is 42.2. The average Bonchev–Trinajstić information content (AvgIpc) is 1.62. The normalized spacial score (nSPS) is 11.2. The van der Waals surface area contributed by atoms with E-state index in [4.69, 9.17) is 0 Å². The molecular formula is C133H98S7. The third kappa shape index (κ3) is 18.6. The molecule has 0 radical (unpaired) electrons. The number of hydrogen-bond acceptors (Lipinski definition) is 7. The quantitative estimate of drug-likeness (QED) is 0.149. The molecule has 0 fully saturated rings. The van der Waals surface area contributed by atoms with Crippen molar-refractivity contribution >= 4 is 221 Å². The number of rotatable bonds is 7. The van der Waals surface area contributed by atoms with Crippen molar-refractivity contribution in [3.05, 3.63) is 506 Å². The van der Waals surface area contributed by atoms with E-state index in [1.165, 1.54) is 258 Å². The Morgan fingerprint density at radius 3 is 0.886 bits per heavy atom. The molecule has 672 valence electrons. The molecule has 0 N–H and O–H groups in total. The Labute approximate surface area is 845 Å². The van der Waals surface area contributed by atoms with Crippen LogP contribution in [0.5, 0.6) is 0 Å². The molecule has 0 nitrogen and oxygen atoms in total. The lowest BCUT2D eigenvalue weighted by Gasteiger charge is -2.06. The van der Waals surface area contributed by atoms with Crippen LogP contribution in [0, 0.1) is 48.5 Å². The lowest BCUT2D eigenvalue weighted by Crippen LogP contribution is -1.82. The third-order valence-electron chi connectivity index (χ3n) is 26.5. The van der Waals surface area contributed by atoms with Crippen LogP contribution in [0.4, 0.5) is 0 Å². The van der Waals surface area contributed by atoms with Gasteiger partial charge in [0.05, 0.1) is 0 Å². The maximum Gasteiger partial charge on any atom is 0.0433 e. The molecule has 0 aliphatic heterocycles. The van der Waals surface area contributed by atoms with Gasteiger partial charge in [-0.2, -0.15) is 0 Å². The van der Waals surface area contributed by atoms with Crippen LogP contribution in [0.2, 0.25) is 0 Å². The Morgan fingerprint density at radius 1 is 0.114 bits per heavy atom. The lowest BCUT2D eigenvalue weighted by atomic mass is 9.99. The van der Waals surface area contributed by atoms with Crippen molar-refractivity contribution in [2.75, 3.05) is 0 Å². The minimum atomic E-state index is 1.29. The first-order valence-corrected chi connectivity index (χ1v) is 53.3. The zero-order chi connectivity index (χ0) is 94.7. The summed E-state index contributed by atoms with van der Waals surface area (Å²) in [7, 11) is 0. The summed E-state index contributed by atoms with van der Waals surface area (Å²) in [4.78, 5) is 0. The molecule has 0 aliphatic rings. The molecule has 0 spiro atoms. The second kappa shape index (κ2) is 40.3. The van der Waals surface area contributed by atoms with Gasteiger partial charge < -0.3 is 0 Å². The Balaban J connectivity index is 0.0000000939.